The van der Waals surface area contributed by atoms with Gasteiger partial charge < -0.3 is 23.4 Å². The van der Waals surface area contributed by atoms with Crippen LogP contribution in [0.25, 0.3) is 0 Å². The van der Waals surface area contributed by atoms with Crippen LogP contribution in [0.15, 0.2) is 12.2 Å². The molecular formula is C12H24O6Si. The van der Waals surface area contributed by atoms with E-state index >= 15 is 0 Å². The van der Waals surface area contributed by atoms with Crippen molar-refractivity contribution in [1.29, 1.82) is 0 Å². The molecule has 0 bridgehead atoms. The molecule has 0 spiro atoms. The molecule has 112 valence electrons. The van der Waals surface area contributed by atoms with Crippen molar-refractivity contribution in [2.75, 3.05) is 34.5 Å². The Kier molecular flexibility index (Phi) is 9.71. The van der Waals surface area contributed by atoms with E-state index < -0.39 is 15.7 Å². The second kappa shape index (κ2) is 10.1. The molecule has 0 radical (unpaired) electrons. The van der Waals surface area contributed by atoms with Crippen molar-refractivity contribution in [3.05, 3.63) is 12.2 Å². The smallest absolute Gasteiger partial charge is 0.333 e. The highest BCUT2D eigenvalue weighted by Crippen LogP contribution is 2.13. The fraction of sp³-hybridized carbons (Fsp3) is 0.750. The van der Waals surface area contributed by atoms with E-state index in [2.05, 4.69) is 6.58 Å². The summed E-state index contributed by atoms with van der Waals surface area (Å²) >= 11 is 0. The Morgan fingerprint density at radius 1 is 1.26 bits per heavy atom. The monoisotopic (exact) mass is 292 g/mol. The van der Waals surface area contributed by atoms with E-state index in [9.17, 15) is 4.79 Å². The van der Waals surface area contributed by atoms with Gasteiger partial charge in [-0.05, 0) is 19.4 Å². The number of methoxy groups -OCH3 is 3. The van der Waals surface area contributed by atoms with Gasteiger partial charge in [0.15, 0.2) is 9.76 Å². The van der Waals surface area contributed by atoms with Gasteiger partial charge in [0, 0.05) is 26.9 Å². The maximum absolute atomic E-state index is 11.1. The van der Waals surface area contributed by atoms with Crippen LogP contribution in [0.4, 0.5) is 0 Å². The van der Waals surface area contributed by atoms with Crippen LogP contribution >= 0.6 is 0 Å². The predicted molar refractivity (Wildman–Crippen MR) is 73.5 cm³/mol. The second-order valence-corrected chi connectivity index (χ2v) is 5.40. The first-order valence-electron chi connectivity index (χ1n) is 6.07. The van der Waals surface area contributed by atoms with E-state index in [-0.39, 0.29) is 12.6 Å². The molecule has 0 amide bonds. The molecule has 0 aliphatic rings. The first kappa shape index (κ1) is 18.3. The third kappa shape index (κ3) is 7.43. The van der Waals surface area contributed by atoms with E-state index in [1.165, 1.54) is 14.2 Å². The standard InChI is InChI=1S/C12H24O6Si/c1-10(2)11(13)17-7-6-8-19-18-12(15-4,16-5)9-14-3/h1,6-9,19H2,2-5H3. The summed E-state index contributed by atoms with van der Waals surface area (Å²) in [6.45, 7) is 5.71. The third-order valence-corrected chi connectivity index (χ3v) is 3.82. The minimum atomic E-state index is -1.12. The molecule has 0 saturated carbocycles. The molecule has 0 atom stereocenters. The fourth-order valence-electron chi connectivity index (χ4n) is 1.26. The molecule has 0 rings (SSSR count). The van der Waals surface area contributed by atoms with Crippen LogP contribution in [0.5, 0.6) is 0 Å². The molecule has 0 aromatic carbocycles. The zero-order chi connectivity index (χ0) is 14.7. The largest absolute Gasteiger partial charge is 0.462 e. The minimum absolute atomic E-state index is 0.206. The van der Waals surface area contributed by atoms with Crippen LogP contribution in [0.1, 0.15) is 13.3 Å². The van der Waals surface area contributed by atoms with Gasteiger partial charge in [-0.3, -0.25) is 0 Å². The SMILES string of the molecule is C=C(C)C(=O)OCCC[SiH2]OC(COC)(OC)OC. The molecular weight excluding hydrogens is 268 g/mol. The van der Waals surface area contributed by atoms with Gasteiger partial charge in [0.2, 0.25) is 0 Å². The van der Waals surface area contributed by atoms with Gasteiger partial charge in [0.1, 0.15) is 6.61 Å². The Hall–Kier alpha value is -0.733. The summed E-state index contributed by atoms with van der Waals surface area (Å²) in [6.07, 6.45) is 0.752. The number of carbonyl (C=O) groups is 1. The average Bonchev–Trinajstić information content (AvgIpc) is 2.41. The van der Waals surface area contributed by atoms with Crippen LogP contribution < -0.4 is 0 Å². The predicted octanol–water partition coefficient (Wildman–Crippen LogP) is 0.607. The van der Waals surface area contributed by atoms with Crippen molar-refractivity contribution in [3.8, 4) is 0 Å². The Balaban J connectivity index is 3.77. The number of ether oxygens (including phenoxy) is 4. The number of hydrogen-bond acceptors (Lipinski definition) is 6. The number of hydrogen-bond donors (Lipinski definition) is 0. The Morgan fingerprint density at radius 2 is 1.89 bits per heavy atom. The summed E-state index contributed by atoms with van der Waals surface area (Å²) in [5.74, 6) is -1.47. The first-order valence-corrected chi connectivity index (χ1v) is 7.65. The van der Waals surface area contributed by atoms with Gasteiger partial charge in [0.25, 0.3) is 5.97 Å². The lowest BCUT2D eigenvalue weighted by atomic mass is 10.4. The highest BCUT2D eigenvalue weighted by molar-refractivity contribution is 6.27. The van der Waals surface area contributed by atoms with E-state index in [1.54, 1.807) is 14.0 Å². The highest BCUT2D eigenvalue weighted by atomic mass is 28.2. The van der Waals surface area contributed by atoms with Crippen LogP contribution in [0.3, 0.4) is 0 Å². The van der Waals surface area contributed by atoms with Gasteiger partial charge in [-0.25, -0.2) is 4.79 Å². The summed E-state index contributed by atoms with van der Waals surface area (Å²) in [6, 6.07) is 0.849. The quantitative estimate of drug-likeness (QED) is 0.183. The number of esters is 1. The molecule has 0 aromatic rings. The molecule has 0 unspecified atom stereocenters. The molecule has 0 aromatic heterocycles. The zero-order valence-electron chi connectivity index (χ0n) is 12.2. The molecule has 0 saturated heterocycles. The zero-order valence-corrected chi connectivity index (χ0v) is 13.6. The second-order valence-electron chi connectivity index (χ2n) is 4.00. The van der Waals surface area contributed by atoms with E-state index in [1.807, 2.05) is 0 Å². The Bertz CT molecular complexity index is 277. The summed E-state index contributed by atoms with van der Waals surface area (Å²) in [5, 5.41) is 0. The third-order valence-electron chi connectivity index (χ3n) is 2.39. The number of rotatable bonds is 11. The lowest BCUT2D eigenvalue weighted by Crippen LogP contribution is -2.42. The lowest BCUT2D eigenvalue weighted by molar-refractivity contribution is -0.339. The van der Waals surface area contributed by atoms with Gasteiger partial charge >= 0.3 is 5.97 Å². The molecule has 6 nitrogen and oxygen atoms in total. The molecule has 0 heterocycles. The van der Waals surface area contributed by atoms with Gasteiger partial charge in [-0.15, -0.1) is 0 Å². The van der Waals surface area contributed by atoms with Crippen molar-refractivity contribution in [3.63, 3.8) is 0 Å². The molecule has 0 aliphatic heterocycles. The van der Waals surface area contributed by atoms with Crippen LogP contribution in [-0.2, 0) is 28.2 Å². The van der Waals surface area contributed by atoms with Crippen molar-refractivity contribution < 1.29 is 28.2 Å². The van der Waals surface area contributed by atoms with Crippen molar-refractivity contribution in [2.24, 2.45) is 0 Å². The van der Waals surface area contributed by atoms with Crippen LogP contribution in [0.2, 0.25) is 6.04 Å². The average molecular weight is 292 g/mol. The van der Waals surface area contributed by atoms with Crippen LogP contribution in [0, 0.1) is 0 Å². The van der Waals surface area contributed by atoms with Crippen molar-refractivity contribution >= 4 is 15.7 Å². The Morgan fingerprint density at radius 3 is 2.37 bits per heavy atom. The Labute approximate surface area is 116 Å². The van der Waals surface area contributed by atoms with E-state index in [0.29, 0.717) is 12.2 Å². The minimum Gasteiger partial charge on any atom is -0.462 e. The maximum atomic E-state index is 11.1. The van der Waals surface area contributed by atoms with Crippen molar-refractivity contribution in [2.45, 2.75) is 25.4 Å². The fourth-order valence-corrected chi connectivity index (χ4v) is 2.44. The summed E-state index contributed by atoms with van der Waals surface area (Å²) in [5.41, 5.74) is 0.409. The molecule has 7 heteroatoms. The topological polar surface area (TPSA) is 63.2 Å². The van der Waals surface area contributed by atoms with E-state index in [0.717, 1.165) is 12.5 Å². The lowest BCUT2D eigenvalue weighted by Gasteiger charge is -2.29. The summed E-state index contributed by atoms with van der Waals surface area (Å²) < 4.78 is 25.9. The molecule has 19 heavy (non-hydrogen) atoms. The molecule has 0 N–H and O–H groups in total. The number of carbonyl (C=O) groups excluding carboxylic acids is 1. The highest BCUT2D eigenvalue weighted by Gasteiger charge is 2.30. The summed E-state index contributed by atoms with van der Waals surface area (Å²) in [4.78, 5) is 11.1. The van der Waals surface area contributed by atoms with Gasteiger partial charge in [-0.2, -0.15) is 0 Å². The maximum Gasteiger partial charge on any atom is 0.333 e. The van der Waals surface area contributed by atoms with Crippen LogP contribution in [-0.4, -0.2) is 56.2 Å². The normalized spacial score (nSPS) is 12.0. The first-order chi connectivity index (χ1) is 9.01. The molecule has 0 fully saturated rings. The van der Waals surface area contributed by atoms with E-state index in [4.69, 9.17) is 23.4 Å². The van der Waals surface area contributed by atoms with Gasteiger partial charge in [-0.1, -0.05) is 6.58 Å². The van der Waals surface area contributed by atoms with Gasteiger partial charge in [0.05, 0.1) is 6.61 Å². The summed E-state index contributed by atoms with van der Waals surface area (Å²) in [7, 11) is 3.72. The van der Waals surface area contributed by atoms with Crippen molar-refractivity contribution in [1.82, 2.24) is 0 Å². The molecule has 0 aliphatic carbocycles.